The number of esters is 1. The van der Waals surface area contributed by atoms with Gasteiger partial charge < -0.3 is 4.74 Å². The van der Waals surface area contributed by atoms with Gasteiger partial charge in [0.25, 0.3) is 0 Å². The van der Waals surface area contributed by atoms with Gasteiger partial charge >= 0.3 is 5.97 Å². The number of hydrogen-bond acceptors (Lipinski definition) is 4. The van der Waals surface area contributed by atoms with E-state index in [9.17, 15) is 4.79 Å². The highest BCUT2D eigenvalue weighted by Crippen LogP contribution is 2.28. The number of methoxy groups -OCH3 is 1. The van der Waals surface area contributed by atoms with Gasteiger partial charge in [-0.25, -0.2) is 0 Å². The summed E-state index contributed by atoms with van der Waals surface area (Å²) in [6.07, 6.45) is 8.49. The lowest BCUT2D eigenvalue weighted by Gasteiger charge is -2.33. The van der Waals surface area contributed by atoms with Crippen molar-refractivity contribution in [3.05, 3.63) is 0 Å². The molecule has 4 nitrogen and oxygen atoms in total. The summed E-state index contributed by atoms with van der Waals surface area (Å²) in [6, 6.07) is 0.959. The third-order valence-electron chi connectivity index (χ3n) is 4.94. The first kappa shape index (κ1) is 15.8. The van der Waals surface area contributed by atoms with Crippen molar-refractivity contribution in [2.45, 2.75) is 76.4 Å². The van der Waals surface area contributed by atoms with E-state index in [1.165, 1.54) is 45.6 Å². The fourth-order valence-corrected chi connectivity index (χ4v) is 3.63. The first-order valence-corrected chi connectivity index (χ1v) is 8.17. The van der Waals surface area contributed by atoms with E-state index in [2.05, 4.69) is 24.1 Å². The number of rotatable bonds is 4. The van der Waals surface area contributed by atoms with Crippen molar-refractivity contribution in [3.8, 4) is 0 Å². The second-order valence-corrected chi connectivity index (χ2v) is 6.72. The van der Waals surface area contributed by atoms with E-state index >= 15 is 0 Å². The van der Waals surface area contributed by atoms with Gasteiger partial charge in [0.1, 0.15) is 5.54 Å². The molecule has 1 atom stereocenters. The van der Waals surface area contributed by atoms with Crippen molar-refractivity contribution >= 4 is 5.97 Å². The second kappa shape index (κ2) is 6.90. The van der Waals surface area contributed by atoms with E-state index in [1.807, 2.05) is 0 Å². The normalized spacial score (nSPS) is 29.6. The monoisotopic (exact) mass is 282 g/mol. The molecule has 116 valence electrons. The first-order chi connectivity index (χ1) is 9.57. The van der Waals surface area contributed by atoms with Crippen molar-refractivity contribution in [2.24, 2.45) is 0 Å². The Morgan fingerprint density at radius 2 is 1.90 bits per heavy atom. The maximum atomic E-state index is 12.4. The van der Waals surface area contributed by atoms with Crippen LogP contribution in [-0.2, 0) is 9.53 Å². The lowest BCUT2D eigenvalue weighted by molar-refractivity contribution is -0.148. The molecule has 1 N–H and O–H groups in total. The third-order valence-corrected chi connectivity index (χ3v) is 4.94. The zero-order valence-electron chi connectivity index (χ0n) is 13.3. The minimum Gasteiger partial charge on any atom is -0.468 e. The summed E-state index contributed by atoms with van der Waals surface area (Å²) in [6.45, 7) is 6.15. The van der Waals surface area contributed by atoms with Crippen LogP contribution in [0.15, 0.2) is 0 Å². The largest absolute Gasteiger partial charge is 0.468 e. The molecule has 1 saturated heterocycles. The van der Waals surface area contributed by atoms with Gasteiger partial charge in [0.05, 0.1) is 7.11 Å². The number of carbonyl (C=O) groups excluding carboxylic acids is 1. The average molecular weight is 282 g/mol. The van der Waals surface area contributed by atoms with E-state index in [1.54, 1.807) is 0 Å². The van der Waals surface area contributed by atoms with Crippen LogP contribution in [0.4, 0.5) is 0 Å². The van der Waals surface area contributed by atoms with Crippen LogP contribution in [-0.4, -0.2) is 48.7 Å². The maximum Gasteiger partial charge on any atom is 0.327 e. The molecule has 0 spiro atoms. The molecule has 1 unspecified atom stereocenters. The second-order valence-electron chi connectivity index (χ2n) is 6.72. The van der Waals surface area contributed by atoms with Gasteiger partial charge in [0, 0.05) is 25.2 Å². The van der Waals surface area contributed by atoms with Crippen LogP contribution in [0.2, 0.25) is 0 Å². The molecule has 0 radical (unpaired) electrons. The Labute approximate surface area is 123 Å². The summed E-state index contributed by atoms with van der Waals surface area (Å²) < 4.78 is 5.11. The highest BCUT2D eigenvalue weighted by atomic mass is 16.5. The van der Waals surface area contributed by atoms with Crippen molar-refractivity contribution < 1.29 is 9.53 Å². The molecule has 1 saturated carbocycles. The summed E-state index contributed by atoms with van der Waals surface area (Å²) in [5.41, 5.74) is -0.478. The Kier molecular flexibility index (Phi) is 5.44. The molecule has 4 heteroatoms. The van der Waals surface area contributed by atoms with Gasteiger partial charge in [-0.1, -0.05) is 25.7 Å². The topological polar surface area (TPSA) is 41.6 Å². The fraction of sp³-hybridized carbons (Fsp3) is 0.938. The Bertz CT molecular complexity index is 324. The molecule has 2 rings (SSSR count). The quantitative estimate of drug-likeness (QED) is 0.635. The molecular weight excluding hydrogens is 252 g/mol. The predicted molar refractivity (Wildman–Crippen MR) is 80.7 cm³/mol. The van der Waals surface area contributed by atoms with Gasteiger partial charge in [-0.15, -0.1) is 0 Å². The highest BCUT2D eigenvalue weighted by Gasteiger charge is 2.47. The number of nitrogens with zero attached hydrogens (tertiary/aromatic N) is 1. The summed E-state index contributed by atoms with van der Waals surface area (Å²) in [5, 5.41) is 3.69. The van der Waals surface area contributed by atoms with Crippen LogP contribution in [0.1, 0.15) is 58.8 Å². The van der Waals surface area contributed by atoms with Crippen LogP contribution in [0.25, 0.3) is 0 Å². The van der Waals surface area contributed by atoms with E-state index in [0.29, 0.717) is 12.1 Å². The van der Waals surface area contributed by atoms with E-state index in [0.717, 1.165) is 19.5 Å². The molecule has 0 aromatic rings. The lowest BCUT2D eigenvalue weighted by atomic mass is 9.95. The van der Waals surface area contributed by atoms with Crippen LogP contribution >= 0.6 is 0 Å². The SMILES string of the molecule is COC(=O)C1(NC2CCCCCC2)CCN(C(C)C)C1. The fourth-order valence-electron chi connectivity index (χ4n) is 3.63. The molecular formula is C16H30N2O2. The Hall–Kier alpha value is -0.610. The van der Waals surface area contributed by atoms with E-state index in [4.69, 9.17) is 4.74 Å². The van der Waals surface area contributed by atoms with Crippen molar-refractivity contribution in [2.75, 3.05) is 20.2 Å². The van der Waals surface area contributed by atoms with Crippen molar-refractivity contribution in [3.63, 3.8) is 0 Å². The number of ether oxygens (including phenoxy) is 1. The van der Waals surface area contributed by atoms with Gasteiger partial charge in [-0.05, 0) is 33.1 Å². The molecule has 1 aliphatic heterocycles. The Morgan fingerprint density at radius 3 is 2.40 bits per heavy atom. The summed E-state index contributed by atoms with van der Waals surface area (Å²) in [5.74, 6) is -0.0788. The molecule has 2 fully saturated rings. The standard InChI is InChI=1S/C16H30N2O2/c1-13(2)18-11-10-16(12-18,15(19)20-3)17-14-8-6-4-5-7-9-14/h13-14,17H,4-12H2,1-3H3. The third kappa shape index (κ3) is 3.53. The summed E-state index contributed by atoms with van der Waals surface area (Å²) >= 11 is 0. The number of carbonyl (C=O) groups is 1. The molecule has 20 heavy (non-hydrogen) atoms. The summed E-state index contributed by atoms with van der Waals surface area (Å²) in [7, 11) is 1.51. The number of likely N-dealkylation sites (tertiary alicyclic amines) is 1. The van der Waals surface area contributed by atoms with Crippen LogP contribution in [0.3, 0.4) is 0 Å². The molecule has 1 heterocycles. The zero-order valence-corrected chi connectivity index (χ0v) is 13.3. The Balaban J connectivity index is 2.06. The number of nitrogens with one attached hydrogen (secondary N) is 1. The summed E-state index contributed by atoms with van der Waals surface area (Å²) in [4.78, 5) is 14.7. The molecule has 0 amide bonds. The average Bonchev–Trinajstić information content (AvgIpc) is 2.70. The van der Waals surface area contributed by atoms with Crippen LogP contribution in [0.5, 0.6) is 0 Å². The van der Waals surface area contributed by atoms with Gasteiger partial charge in [0.2, 0.25) is 0 Å². The highest BCUT2D eigenvalue weighted by molar-refractivity contribution is 5.81. The smallest absolute Gasteiger partial charge is 0.327 e. The van der Waals surface area contributed by atoms with Gasteiger partial charge in [-0.2, -0.15) is 0 Å². The lowest BCUT2D eigenvalue weighted by Crippen LogP contribution is -2.58. The van der Waals surface area contributed by atoms with E-state index in [-0.39, 0.29) is 5.97 Å². The Morgan fingerprint density at radius 1 is 1.25 bits per heavy atom. The van der Waals surface area contributed by atoms with Crippen LogP contribution < -0.4 is 5.32 Å². The molecule has 0 bridgehead atoms. The molecule has 1 aliphatic carbocycles. The molecule has 0 aromatic carbocycles. The first-order valence-electron chi connectivity index (χ1n) is 8.17. The van der Waals surface area contributed by atoms with E-state index < -0.39 is 5.54 Å². The predicted octanol–water partition coefficient (Wildman–Crippen LogP) is 2.32. The van der Waals surface area contributed by atoms with Crippen LogP contribution in [0, 0.1) is 0 Å². The minimum absolute atomic E-state index is 0.0788. The molecule has 0 aromatic heterocycles. The minimum atomic E-state index is -0.478. The molecule has 2 aliphatic rings. The van der Waals surface area contributed by atoms with Crippen molar-refractivity contribution in [1.29, 1.82) is 0 Å². The van der Waals surface area contributed by atoms with Crippen molar-refractivity contribution in [1.82, 2.24) is 10.2 Å². The number of hydrogen-bond donors (Lipinski definition) is 1. The van der Waals surface area contributed by atoms with Gasteiger partial charge in [-0.3, -0.25) is 15.0 Å². The van der Waals surface area contributed by atoms with Gasteiger partial charge in [0.15, 0.2) is 0 Å². The maximum absolute atomic E-state index is 12.4. The zero-order chi connectivity index (χ0) is 14.6.